The summed E-state index contributed by atoms with van der Waals surface area (Å²) in [6.07, 6.45) is 1.01. The lowest BCUT2D eigenvalue weighted by Gasteiger charge is -2.06. The maximum Gasteiger partial charge on any atom is 0.288 e. The molecule has 1 aromatic heterocycles. The van der Waals surface area contributed by atoms with Gasteiger partial charge in [0.1, 0.15) is 11.3 Å². The summed E-state index contributed by atoms with van der Waals surface area (Å²) < 4.78 is 0. The molecule has 1 N–H and O–H groups in total. The number of rotatable bonds is 4. The summed E-state index contributed by atoms with van der Waals surface area (Å²) in [6.45, 7) is 0.304. The summed E-state index contributed by atoms with van der Waals surface area (Å²) in [6, 6.07) is 10.4. The van der Waals surface area contributed by atoms with E-state index in [2.05, 4.69) is 10.3 Å². The number of amides is 1. The van der Waals surface area contributed by atoms with Gasteiger partial charge in [0.05, 0.1) is 10.5 Å². The minimum atomic E-state index is -0.628. The van der Waals surface area contributed by atoms with Crippen LogP contribution >= 0.6 is 11.6 Å². The molecule has 0 aliphatic carbocycles. The van der Waals surface area contributed by atoms with E-state index in [-0.39, 0.29) is 16.4 Å². The van der Waals surface area contributed by atoms with Gasteiger partial charge in [-0.15, -0.1) is 0 Å². The topological polar surface area (TPSA) is 85.1 Å². The zero-order valence-electron chi connectivity index (χ0n) is 10.2. The fourth-order valence-corrected chi connectivity index (χ4v) is 1.76. The van der Waals surface area contributed by atoms with Crippen LogP contribution in [0.4, 0.5) is 5.69 Å². The minimum Gasteiger partial charge on any atom is -0.348 e. The second kappa shape index (κ2) is 6.12. The Hall–Kier alpha value is -2.47. The molecule has 102 valence electrons. The number of benzene rings is 1. The number of nitro groups is 1. The third kappa shape index (κ3) is 3.30. The SMILES string of the molecule is O=C(NCc1ccccc1)c1cc([N+](=O)[O-])cnc1Cl. The molecule has 20 heavy (non-hydrogen) atoms. The Morgan fingerprint density at radius 3 is 2.70 bits per heavy atom. The van der Waals surface area contributed by atoms with Gasteiger partial charge in [0.2, 0.25) is 0 Å². The van der Waals surface area contributed by atoms with Crippen molar-refractivity contribution in [2.45, 2.75) is 6.54 Å². The van der Waals surface area contributed by atoms with Gasteiger partial charge < -0.3 is 5.32 Å². The van der Waals surface area contributed by atoms with Gasteiger partial charge in [-0.2, -0.15) is 0 Å². The molecule has 0 fully saturated rings. The maximum atomic E-state index is 12.0. The van der Waals surface area contributed by atoms with Crippen molar-refractivity contribution in [2.75, 3.05) is 0 Å². The van der Waals surface area contributed by atoms with Crippen molar-refractivity contribution in [1.82, 2.24) is 10.3 Å². The molecule has 0 saturated carbocycles. The monoisotopic (exact) mass is 291 g/mol. The molecule has 0 bridgehead atoms. The van der Waals surface area contributed by atoms with Crippen LogP contribution in [0.15, 0.2) is 42.6 Å². The molecule has 0 aliphatic heterocycles. The number of aromatic nitrogens is 1. The van der Waals surface area contributed by atoms with E-state index in [1.807, 2.05) is 30.3 Å². The number of carbonyl (C=O) groups excluding carboxylic acids is 1. The van der Waals surface area contributed by atoms with Gasteiger partial charge in [0, 0.05) is 12.6 Å². The quantitative estimate of drug-likeness (QED) is 0.533. The Balaban J connectivity index is 2.13. The first-order valence-corrected chi connectivity index (χ1v) is 6.08. The first-order valence-electron chi connectivity index (χ1n) is 5.70. The van der Waals surface area contributed by atoms with Crippen LogP contribution in [0.3, 0.4) is 0 Å². The largest absolute Gasteiger partial charge is 0.348 e. The number of halogens is 1. The highest BCUT2D eigenvalue weighted by Gasteiger charge is 2.16. The fourth-order valence-electron chi connectivity index (χ4n) is 1.57. The fraction of sp³-hybridized carbons (Fsp3) is 0.0769. The lowest BCUT2D eigenvalue weighted by Crippen LogP contribution is -2.23. The van der Waals surface area contributed by atoms with Crippen LogP contribution in [0, 0.1) is 10.1 Å². The van der Waals surface area contributed by atoms with E-state index in [0.717, 1.165) is 17.8 Å². The van der Waals surface area contributed by atoms with E-state index in [9.17, 15) is 14.9 Å². The van der Waals surface area contributed by atoms with E-state index >= 15 is 0 Å². The number of hydrogen-bond donors (Lipinski definition) is 1. The molecule has 0 aliphatic rings. The summed E-state index contributed by atoms with van der Waals surface area (Å²) in [5.74, 6) is -0.505. The summed E-state index contributed by atoms with van der Waals surface area (Å²) in [7, 11) is 0. The van der Waals surface area contributed by atoms with Crippen LogP contribution in [-0.2, 0) is 6.54 Å². The molecule has 0 unspecified atom stereocenters. The van der Waals surface area contributed by atoms with Gasteiger partial charge in [0.15, 0.2) is 0 Å². The van der Waals surface area contributed by atoms with E-state index in [0.29, 0.717) is 6.54 Å². The summed E-state index contributed by atoms with van der Waals surface area (Å²) in [4.78, 5) is 25.6. The van der Waals surface area contributed by atoms with Gasteiger partial charge in [-0.25, -0.2) is 4.98 Å². The molecule has 0 saturated heterocycles. The van der Waals surface area contributed by atoms with Crippen LogP contribution in [0.2, 0.25) is 5.15 Å². The van der Waals surface area contributed by atoms with E-state index in [4.69, 9.17) is 11.6 Å². The third-order valence-electron chi connectivity index (χ3n) is 2.58. The summed E-state index contributed by atoms with van der Waals surface area (Å²) in [5.41, 5.74) is 0.617. The van der Waals surface area contributed by atoms with Crippen molar-refractivity contribution in [1.29, 1.82) is 0 Å². The number of carbonyl (C=O) groups is 1. The highest BCUT2D eigenvalue weighted by atomic mass is 35.5. The molecule has 7 heteroatoms. The molecule has 0 radical (unpaired) electrons. The van der Waals surface area contributed by atoms with Crippen molar-refractivity contribution in [3.63, 3.8) is 0 Å². The Kier molecular flexibility index (Phi) is 4.27. The molecule has 1 aromatic carbocycles. The Morgan fingerprint density at radius 1 is 1.35 bits per heavy atom. The zero-order valence-corrected chi connectivity index (χ0v) is 11.0. The minimum absolute atomic E-state index is 0.0169. The van der Waals surface area contributed by atoms with Gasteiger partial charge in [0.25, 0.3) is 11.6 Å². The van der Waals surface area contributed by atoms with Gasteiger partial charge in [-0.1, -0.05) is 41.9 Å². The van der Waals surface area contributed by atoms with Crippen LogP contribution in [-0.4, -0.2) is 15.8 Å². The van der Waals surface area contributed by atoms with E-state index < -0.39 is 10.8 Å². The number of hydrogen-bond acceptors (Lipinski definition) is 4. The molecule has 1 amide bonds. The maximum absolute atomic E-state index is 12.0. The number of nitrogens with zero attached hydrogens (tertiary/aromatic N) is 2. The third-order valence-corrected chi connectivity index (χ3v) is 2.88. The molecule has 0 spiro atoms. The average molecular weight is 292 g/mol. The van der Waals surface area contributed by atoms with E-state index in [1.165, 1.54) is 0 Å². The standard InChI is InChI=1S/C13H10ClN3O3/c14-12-11(6-10(8-15-12)17(19)20)13(18)16-7-9-4-2-1-3-5-9/h1-6,8H,7H2,(H,16,18). The van der Waals surface area contributed by atoms with Gasteiger partial charge in [-0.05, 0) is 5.56 Å². The molecule has 1 heterocycles. The Morgan fingerprint density at radius 2 is 2.05 bits per heavy atom. The summed E-state index contributed by atoms with van der Waals surface area (Å²) >= 11 is 5.78. The molecule has 6 nitrogen and oxygen atoms in total. The normalized spacial score (nSPS) is 10.1. The second-order valence-electron chi connectivity index (χ2n) is 3.96. The predicted molar refractivity (Wildman–Crippen MR) is 73.5 cm³/mol. The highest BCUT2D eigenvalue weighted by Crippen LogP contribution is 2.19. The first kappa shape index (κ1) is 14.0. The van der Waals surface area contributed by atoms with Crippen LogP contribution in [0.5, 0.6) is 0 Å². The average Bonchev–Trinajstić information content (AvgIpc) is 2.46. The lowest BCUT2D eigenvalue weighted by molar-refractivity contribution is -0.385. The zero-order chi connectivity index (χ0) is 14.5. The second-order valence-corrected chi connectivity index (χ2v) is 4.32. The van der Waals surface area contributed by atoms with Crippen molar-refractivity contribution in [2.24, 2.45) is 0 Å². The molecule has 2 rings (SSSR count). The van der Waals surface area contributed by atoms with Crippen molar-refractivity contribution >= 4 is 23.2 Å². The van der Waals surface area contributed by atoms with Gasteiger partial charge >= 0.3 is 0 Å². The molecule has 0 atom stereocenters. The molecule has 2 aromatic rings. The predicted octanol–water partition coefficient (Wildman–Crippen LogP) is 2.57. The Bertz CT molecular complexity index is 647. The van der Waals surface area contributed by atoms with Crippen LogP contribution in [0.1, 0.15) is 15.9 Å². The Labute approximate surface area is 119 Å². The number of nitrogens with one attached hydrogen (secondary N) is 1. The highest BCUT2D eigenvalue weighted by molar-refractivity contribution is 6.32. The molecular weight excluding hydrogens is 282 g/mol. The van der Waals surface area contributed by atoms with Crippen molar-refractivity contribution in [3.8, 4) is 0 Å². The van der Waals surface area contributed by atoms with Crippen molar-refractivity contribution < 1.29 is 9.72 Å². The van der Waals surface area contributed by atoms with Crippen molar-refractivity contribution in [3.05, 3.63) is 69.0 Å². The molecular formula is C13H10ClN3O3. The van der Waals surface area contributed by atoms with Crippen LogP contribution in [0.25, 0.3) is 0 Å². The smallest absolute Gasteiger partial charge is 0.288 e. The van der Waals surface area contributed by atoms with E-state index in [1.54, 1.807) is 0 Å². The van der Waals surface area contributed by atoms with Crippen LogP contribution < -0.4 is 5.32 Å². The lowest BCUT2D eigenvalue weighted by atomic mass is 10.2. The summed E-state index contributed by atoms with van der Waals surface area (Å²) in [5, 5.41) is 13.2. The number of pyridine rings is 1. The first-order chi connectivity index (χ1) is 9.58. The van der Waals surface area contributed by atoms with Gasteiger partial charge in [-0.3, -0.25) is 14.9 Å².